The summed E-state index contributed by atoms with van der Waals surface area (Å²) in [5.74, 6) is 1.93. The first kappa shape index (κ1) is 14.3. The monoisotopic (exact) mass is 339 g/mol. The van der Waals surface area contributed by atoms with Crippen LogP contribution in [0.15, 0.2) is 10.7 Å². The molecule has 2 aliphatic rings. The molecule has 1 saturated heterocycles. The van der Waals surface area contributed by atoms with Crippen LogP contribution in [0.5, 0.6) is 0 Å². The van der Waals surface area contributed by atoms with Gasteiger partial charge in [-0.25, -0.2) is 9.97 Å². The highest BCUT2D eigenvalue weighted by atomic mass is 79.9. The molecule has 0 aromatic carbocycles. The molecule has 110 valence electrons. The predicted octanol–water partition coefficient (Wildman–Crippen LogP) is 3.29. The Bertz CT molecular complexity index is 500. The van der Waals surface area contributed by atoms with Crippen LogP contribution in [-0.4, -0.2) is 35.3 Å². The molecule has 2 fully saturated rings. The van der Waals surface area contributed by atoms with Crippen molar-refractivity contribution in [3.8, 4) is 0 Å². The lowest BCUT2D eigenvalue weighted by Gasteiger charge is -2.38. The first-order valence-electron chi connectivity index (χ1n) is 7.38. The Hall–Kier alpha value is -0.680. The molecule has 2 atom stereocenters. The van der Waals surface area contributed by atoms with E-state index in [1.165, 1.54) is 19.3 Å². The van der Waals surface area contributed by atoms with Gasteiger partial charge in [-0.15, -0.1) is 0 Å². The van der Waals surface area contributed by atoms with Crippen molar-refractivity contribution in [2.24, 2.45) is 0 Å². The molecule has 5 heteroatoms. The first-order valence-corrected chi connectivity index (χ1v) is 8.18. The minimum atomic E-state index is -0.0418. The van der Waals surface area contributed by atoms with E-state index < -0.39 is 0 Å². The second-order valence-electron chi connectivity index (χ2n) is 6.72. The smallest absolute Gasteiger partial charge is 0.137 e. The largest absolute Gasteiger partial charge is 0.374 e. The van der Waals surface area contributed by atoms with Crippen molar-refractivity contribution in [3.63, 3.8) is 0 Å². The highest BCUT2D eigenvalue weighted by molar-refractivity contribution is 9.10. The van der Waals surface area contributed by atoms with Crippen molar-refractivity contribution >= 4 is 21.7 Å². The van der Waals surface area contributed by atoms with E-state index in [1.807, 2.05) is 6.07 Å². The van der Waals surface area contributed by atoms with E-state index in [9.17, 15) is 0 Å². The van der Waals surface area contributed by atoms with Crippen LogP contribution < -0.4 is 4.90 Å². The molecule has 0 N–H and O–H groups in total. The zero-order valence-corrected chi connectivity index (χ0v) is 14.0. The first-order chi connectivity index (χ1) is 9.45. The minimum absolute atomic E-state index is 0.0418. The van der Waals surface area contributed by atoms with Crippen molar-refractivity contribution in [3.05, 3.63) is 16.5 Å². The van der Waals surface area contributed by atoms with Gasteiger partial charge < -0.3 is 9.64 Å². The third kappa shape index (κ3) is 2.70. The van der Waals surface area contributed by atoms with Crippen LogP contribution in [0.25, 0.3) is 0 Å². The third-order valence-corrected chi connectivity index (χ3v) is 4.53. The molecule has 3 rings (SSSR count). The second-order valence-corrected chi connectivity index (χ2v) is 7.54. The van der Waals surface area contributed by atoms with Gasteiger partial charge in [-0.3, -0.25) is 0 Å². The fourth-order valence-electron chi connectivity index (χ4n) is 3.10. The molecule has 0 amide bonds. The van der Waals surface area contributed by atoms with E-state index >= 15 is 0 Å². The van der Waals surface area contributed by atoms with E-state index in [0.29, 0.717) is 12.1 Å². The molecule has 0 bridgehead atoms. The van der Waals surface area contributed by atoms with Gasteiger partial charge in [0.2, 0.25) is 0 Å². The number of fused-ring (bicyclic) bond motifs is 1. The van der Waals surface area contributed by atoms with Crippen LogP contribution in [0.1, 0.15) is 45.9 Å². The number of anilines is 1. The normalized spacial score (nSPS) is 26.7. The van der Waals surface area contributed by atoms with Gasteiger partial charge in [0.25, 0.3) is 0 Å². The average molecular weight is 340 g/mol. The second kappa shape index (κ2) is 5.26. The summed E-state index contributed by atoms with van der Waals surface area (Å²) in [6.07, 6.45) is 4.02. The molecule has 1 aromatic heterocycles. The summed E-state index contributed by atoms with van der Waals surface area (Å²) in [6, 6.07) is 2.52. The SMILES string of the molecule is CC(C)(C)c1nc(Br)cc(N2CCOC3CCCC32)n1. The number of halogens is 1. The predicted molar refractivity (Wildman–Crippen MR) is 83.2 cm³/mol. The number of nitrogens with zero attached hydrogens (tertiary/aromatic N) is 3. The van der Waals surface area contributed by atoms with Crippen LogP contribution in [0.2, 0.25) is 0 Å². The molecule has 2 unspecified atom stereocenters. The van der Waals surface area contributed by atoms with Crippen molar-refractivity contribution in [1.29, 1.82) is 0 Å². The number of aromatic nitrogens is 2. The van der Waals surface area contributed by atoms with Gasteiger partial charge in [0.1, 0.15) is 16.2 Å². The highest BCUT2D eigenvalue weighted by Crippen LogP contribution is 2.33. The molecular formula is C15H22BrN3O. The van der Waals surface area contributed by atoms with Crippen LogP contribution in [0.3, 0.4) is 0 Å². The number of rotatable bonds is 1. The number of hydrogen-bond acceptors (Lipinski definition) is 4. The lowest BCUT2D eigenvalue weighted by Crippen LogP contribution is -2.49. The van der Waals surface area contributed by atoms with Gasteiger partial charge in [-0.05, 0) is 35.2 Å². The van der Waals surface area contributed by atoms with Crippen LogP contribution in [-0.2, 0) is 10.2 Å². The van der Waals surface area contributed by atoms with Crippen LogP contribution in [0, 0.1) is 0 Å². The zero-order chi connectivity index (χ0) is 14.3. The van der Waals surface area contributed by atoms with E-state index in [1.54, 1.807) is 0 Å². The molecule has 1 saturated carbocycles. The van der Waals surface area contributed by atoms with E-state index in [-0.39, 0.29) is 5.41 Å². The Kier molecular flexibility index (Phi) is 3.75. The minimum Gasteiger partial charge on any atom is -0.374 e. The molecule has 1 aliphatic carbocycles. The van der Waals surface area contributed by atoms with Gasteiger partial charge in [0.05, 0.1) is 18.8 Å². The third-order valence-electron chi connectivity index (χ3n) is 4.13. The fraction of sp³-hybridized carbons (Fsp3) is 0.733. The lowest BCUT2D eigenvalue weighted by molar-refractivity contribution is 0.0253. The average Bonchev–Trinajstić information content (AvgIpc) is 2.84. The summed E-state index contributed by atoms with van der Waals surface area (Å²) in [5.41, 5.74) is -0.0418. The van der Waals surface area contributed by atoms with Crippen molar-refractivity contribution in [1.82, 2.24) is 9.97 Å². The van der Waals surface area contributed by atoms with Gasteiger partial charge >= 0.3 is 0 Å². The van der Waals surface area contributed by atoms with Crippen molar-refractivity contribution in [2.45, 2.75) is 57.6 Å². The Morgan fingerprint density at radius 3 is 2.85 bits per heavy atom. The Morgan fingerprint density at radius 2 is 2.10 bits per heavy atom. The summed E-state index contributed by atoms with van der Waals surface area (Å²) >= 11 is 3.54. The summed E-state index contributed by atoms with van der Waals surface area (Å²) in [5, 5.41) is 0. The summed E-state index contributed by atoms with van der Waals surface area (Å²) in [7, 11) is 0. The molecule has 0 radical (unpaired) electrons. The van der Waals surface area contributed by atoms with Gasteiger partial charge in [-0.1, -0.05) is 20.8 Å². The zero-order valence-electron chi connectivity index (χ0n) is 12.4. The van der Waals surface area contributed by atoms with E-state index in [4.69, 9.17) is 9.72 Å². The topological polar surface area (TPSA) is 38.2 Å². The Morgan fingerprint density at radius 1 is 1.30 bits per heavy atom. The molecule has 20 heavy (non-hydrogen) atoms. The van der Waals surface area contributed by atoms with E-state index in [2.05, 4.69) is 46.6 Å². The Balaban J connectivity index is 1.95. The molecule has 4 nitrogen and oxygen atoms in total. The molecule has 1 aliphatic heterocycles. The summed E-state index contributed by atoms with van der Waals surface area (Å²) in [6.45, 7) is 8.17. The van der Waals surface area contributed by atoms with Crippen molar-refractivity contribution in [2.75, 3.05) is 18.1 Å². The number of ether oxygens (including phenoxy) is 1. The lowest BCUT2D eigenvalue weighted by atomic mass is 9.96. The Labute approximate surface area is 129 Å². The van der Waals surface area contributed by atoms with Crippen molar-refractivity contribution < 1.29 is 4.74 Å². The van der Waals surface area contributed by atoms with Crippen LogP contribution in [0.4, 0.5) is 5.82 Å². The van der Waals surface area contributed by atoms with Crippen LogP contribution >= 0.6 is 15.9 Å². The standard InChI is InChI=1S/C15H22BrN3O/c1-15(2,3)14-17-12(16)9-13(18-14)19-7-8-20-11-6-4-5-10(11)19/h9-11H,4-8H2,1-3H3. The molecule has 2 heterocycles. The van der Waals surface area contributed by atoms with Gasteiger partial charge in [-0.2, -0.15) is 0 Å². The summed E-state index contributed by atoms with van der Waals surface area (Å²) < 4.78 is 6.75. The fourth-order valence-corrected chi connectivity index (χ4v) is 3.47. The maximum Gasteiger partial charge on any atom is 0.137 e. The van der Waals surface area contributed by atoms with E-state index in [0.717, 1.165) is 29.4 Å². The summed E-state index contributed by atoms with van der Waals surface area (Å²) in [4.78, 5) is 11.8. The molecule has 0 spiro atoms. The van der Waals surface area contributed by atoms with Gasteiger partial charge in [0.15, 0.2) is 0 Å². The quantitative estimate of drug-likeness (QED) is 0.736. The number of hydrogen-bond donors (Lipinski definition) is 0. The molecule has 1 aromatic rings. The highest BCUT2D eigenvalue weighted by Gasteiger charge is 2.37. The van der Waals surface area contributed by atoms with Gasteiger partial charge in [0, 0.05) is 18.0 Å². The molecular weight excluding hydrogens is 318 g/mol. The maximum atomic E-state index is 5.88. The maximum absolute atomic E-state index is 5.88. The number of morpholine rings is 1.